The number of imide groups is 1. The summed E-state index contributed by atoms with van der Waals surface area (Å²) in [5.41, 5.74) is 3.01. The van der Waals surface area contributed by atoms with Crippen LogP contribution >= 0.6 is 0 Å². The second kappa shape index (κ2) is 8.69. The molecule has 3 rings (SSSR count). The number of carbonyl (C=O) groups excluding carboxylic acids is 3. The number of nitrogens with zero attached hydrogens (tertiary/aromatic N) is 1. The average molecular weight is 381 g/mol. The van der Waals surface area contributed by atoms with Crippen LogP contribution in [0, 0.1) is 13.8 Å². The van der Waals surface area contributed by atoms with Crippen LogP contribution in [0.1, 0.15) is 44.7 Å². The number of fused-ring (bicyclic) bond motifs is 1. The van der Waals surface area contributed by atoms with Gasteiger partial charge in [0.05, 0.1) is 24.3 Å². The van der Waals surface area contributed by atoms with Gasteiger partial charge in [-0.1, -0.05) is 29.8 Å². The van der Waals surface area contributed by atoms with E-state index < -0.39 is 0 Å². The quantitative estimate of drug-likeness (QED) is 0.399. The summed E-state index contributed by atoms with van der Waals surface area (Å²) in [7, 11) is 0. The first-order valence-electron chi connectivity index (χ1n) is 9.28. The second-order valence-electron chi connectivity index (χ2n) is 6.75. The molecule has 0 bridgehead atoms. The Bertz CT molecular complexity index is 871. The number of hydrogen-bond acceptors (Lipinski definition) is 5. The topological polar surface area (TPSA) is 72.9 Å². The Morgan fingerprint density at radius 3 is 2.29 bits per heavy atom. The van der Waals surface area contributed by atoms with Gasteiger partial charge in [-0.2, -0.15) is 0 Å². The molecule has 0 N–H and O–H groups in total. The van der Waals surface area contributed by atoms with Crippen molar-refractivity contribution >= 4 is 17.8 Å². The van der Waals surface area contributed by atoms with Gasteiger partial charge >= 0.3 is 5.97 Å². The Kier molecular flexibility index (Phi) is 6.09. The molecule has 146 valence electrons. The molecule has 1 heterocycles. The number of carbonyl (C=O) groups is 3. The fraction of sp³-hybridized carbons (Fsp3) is 0.318. The molecule has 6 heteroatoms. The Labute approximate surface area is 164 Å². The van der Waals surface area contributed by atoms with Gasteiger partial charge in [0.25, 0.3) is 11.8 Å². The fourth-order valence-electron chi connectivity index (χ4n) is 3.13. The maximum Gasteiger partial charge on any atom is 0.305 e. The van der Waals surface area contributed by atoms with Crippen LogP contribution in [-0.4, -0.2) is 42.4 Å². The zero-order chi connectivity index (χ0) is 20.1. The third kappa shape index (κ3) is 4.39. The third-order valence-corrected chi connectivity index (χ3v) is 4.57. The molecule has 2 aromatic rings. The molecule has 1 aliphatic rings. The van der Waals surface area contributed by atoms with Gasteiger partial charge in [0.2, 0.25) is 0 Å². The molecule has 2 aromatic carbocycles. The molecule has 0 radical (unpaired) electrons. The summed E-state index contributed by atoms with van der Waals surface area (Å²) in [5.74, 6) is -0.262. The van der Waals surface area contributed by atoms with Crippen molar-refractivity contribution in [1.82, 2.24) is 4.90 Å². The predicted molar refractivity (Wildman–Crippen MR) is 103 cm³/mol. The van der Waals surface area contributed by atoms with Gasteiger partial charge < -0.3 is 9.47 Å². The molecule has 0 saturated carbocycles. The number of ether oxygens (including phenoxy) is 2. The van der Waals surface area contributed by atoms with E-state index in [2.05, 4.69) is 0 Å². The summed E-state index contributed by atoms with van der Waals surface area (Å²) in [5, 5.41) is 0. The van der Waals surface area contributed by atoms with Gasteiger partial charge in [0.1, 0.15) is 12.4 Å². The Balaban J connectivity index is 1.36. The molecular formula is C22H23NO5. The minimum atomic E-state index is -0.374. The van der Waals surface area contributed by atoms with Crippen LogP contribution in [0.4, 0.5) is 0 Å². The van der Waals surface area contributed by atoms with E-state index in [1.165, 1.54) is 5.56 Å². The number of aryl methyl sites for hydroxylation is 2. The molecule has 0 unspecified atom stereocenters. The van der Waals surface area contributed by atoms with E-state index in [0.29, 0.717) is 24.2 Å². The normalized spacial score (nSPS) is 12.9. The second-order valence-corrected chi connectivity index (χ2v) is 6.75. The summed E-state index contributed by atoms with van der Waals surface area (Å²) in [6, 6.07) is 12.6. The Morgan fingerprint density at radius 2 is 1.64 bits per heavy atom. The van der Waals surface area contributed by atoms with Crippen LogP contribution in [0.25, 0.3) is 0 Å². The van der Waals surface area contributed by atoms with Crippen LogP contribution in [-0.2, 0) is 9.53 Å². The molecule has 2 amide bonds. The van der Waals surface area contributed by atoms with E-state index in [-0.39, 0.29) is 37.4 Å². The number of rotatable bonds is 8. The summed E-state index contributed by atoms with van der Waals surface area (Å²) < 4.78 is 10.8. The maximum absolute atomic E-state index is 12.2. The van der Waals surface area contributed by atoms with Gasteiger partial charge in [-0.05, 0) is 44.0 Å². The van der Waals surface area contributed by atoms with Crippen molar-refractivity contribution in [1.29, 1.82) is 0 Å². The van der Waals surface area contributed by atoms with Crippen LogP contribution < -0.4 is 4.74 Å². The van der Waals surface area contributed by atoms with Gasteiger partial charge in [0, 0.05) is 6.42 Å². The van der Waals surface area contributed by atoms with Crippen molar-refractivity contribution in [3.63, 3.8) is 0 Å². The largest absolute Gasteiger partial charge is 0.493 e. The van der Waals surface area contributed by atoms with Crippen LogP contribution in [0.5, 0.6) is 5.75 Å². The lowest BCUT2D eigenvalue weighted by Crippen LogP contribution is -2.33. The first-order chi connectivity index (χ1) is 13.5. The highest BCUT2D eigenvalue weighted by Crippen LogP contribution is 2.22. The maximum atomic E-state index is 12.2. The SMILES string of the molecule is Cc1ccc(OCCCC(=O)OCCN2C(=O)c3ccccc3C2=O)c(C)c1. The van der Waals surface area contributed by atoms with Crippen molar-refractivity contribution in [3.8, 4) is 5.75 Å². The predicted octanol–water partition coefficient (Wildman–Crippen LogP) is 3.30. The summed E-state index contributed by atoms with van der Waals surface area (Å²) >= 11 is 0. The zero-order valence-corrected chi connectivity index (χ0v) is 16.1. The zero-order valence-electron chi connectivity index (χ0n) is 16.1. The van der Waals surface area contributed by atoms with Crippen LogP contribution in [0.2, 0.25) is 0 Å². The van der Waals surface area contributed by atoms with Crippen molar-refractivity contribution in [3.05, 3.63) is 64.7 Å². The number of esters is 1. The molecule has 0 atom stereocenters. The lowest BCUT2D eigenvalue weighted by Gasteiger charge is -2.14. The average Bonchev–Trinajstić information content (AvgIpc) is 2.92. The van der Waals surface area contributed by atoms with Crippen LogP contribution in [0.3, 0.4) is 0 Å². The van der Waals surface area contributed by atoms with Gasteiger partial charge in [-0.15, -0.1) is 0 Å². The molecule has 0 fully saturated rings. The molecule has 6 nitrogen and oxygen atoms in total. The number of benzene rings is 2. The van der Waals surface area contributed by atoms with Crippen LogP contribution in [0.15, 0.2) is 42.5 Å². The Morgan fingerprint density at radius 1 is 0.964 bits per heavy atom. The van der Waals surface area contributed by atoms with Crippen molar-refractivity contribution in [2.24, 2.45) is 0 Å². The summed E-state index contributed by atoms with van der Waals surface area (Å²) in [4.78, 5) is 37.4. The number of amides is 2. The summed E-state index contributed by atoms with van der Waals surface area (Å²) in [6.07, 6.45) is 0.742. The van der Waals surface area contributed by atoms with E-state index in [4.69, 9.17) is 9.47 Å². The lowest BCUT2D eigenvalue weighted by atomic mass is 10.1. The highest BCUT2D eigenvalue weighted by molar-refractivity contribution is 6.21. The van der Waals surface area contributed by atoms with Crippen molar-refractivity contribution in [2.45, 2.75) is 26.7 Å². The smallest absolute Gasteiger partial charge is 0.305 e. The van der Waals surface area contributed by atoms with E-state index in [1.807, 2.05) is 32.0 Å². The first-order valence-corrected chi connectivity index (χ1v) is 9.28. The molecule has 28 heavy (non-hydrogen) atoms. The summed E-state index contributed by atoms with van der Waals surface area (Å²) in [6.45, 7) is 4.46. The van der Waals surface area contributed by atoms with Gasteiger partial charge in [0.15, 0.2) is 0 Å². The molecule has 0 spiro atoms. The van der Waals surface area contributed by atoms with Gasteiger partial charge in [-0.3, -0.25) is 19.3 Å². The molecule has 0 aliphatic carbocycles. The first kappa shape index (κ1) is 19.6. The molecule has 0 saturated heterocycles. The highest BCUT2D eigenvalue weighted by atomic mass is 16.5. The van der Waals surface area contributed by atoms with Crippen molar-refractivity contribution < 1.29 is 23.9 Å². The monoisotopic (exact) mass is 381 g/mol. The standard InChI is InChI=1S/C22H23NO5/c1-15-9-10-19(16(2)14-15)27-12-5-8-20(24)28-13-11-23-21(25)17-6-3-4-7-18(17)22(23)26/h3-4,6-7,9-10,14H,5,8,11-13H2,1-2H3. The van der Waals surface area contributed by atoms with Crippen molar-refractivity contribution in [2.75, 3.05) is 19.8 Å². The van der Waals surface area contributed by atoms with E-state index in [1.54, 1.807) is 24.3 Å². The fourth-order valence-corrected chi connectivity index (χ4v) is 3.13. The minimum absolute atomic E-state index is 0.0117. The third-order valence-electron chi connectivity index (χ3n) is 4.57. The molecular weight excluding hydrogens is 358 g/mol. The molecule has 1 aliphatic heterocycles. The highest BCUT2D eigenvalue weighted by Gasteiger charge is 2.34. The van der Waals surface area contributed by atoms with E-state index >= 15 is 0 Å². The van der Waals surface area contributed by atoms with Gasteiger partial charge in [-0.25, -0.2) is 0 Å². The van der Waals surface area contributed by atoms with E-state index in [0.717, 1.165) is 16.2 Å². The number of hydrogen-bond donors (Lipinski definition) is 0. The minimum Gasteiger partial charge on any atom is -0.493 e. The Hall–Kier alpha value is -3.15. The molecule has 0 aromatic heterocycles. The van der Waals surface area contributed by atoms with E-state index in [9.17, 15) is 14.4 Å². The lowest BCUT2D eigenvalue weighted by molar-refractivity contribution is -0.144.